The summed E-state index contributed by atoms with van der Waals surface area (Å²) >= 11 is 6.03. The molecule has 3 aromatic rings. The van der Waals surface area contributed by atoms with Gasteiger partial charge in [0.2, 0.25) is 5.95 Å². The first kappa shape index (κ1) is 19.3. The average Bonchev–Trinajstić information content (AvgIpc) is 3.10. The second-order valence-corrected chi connectivity index (χ2v) is 7.57. The summed E-state index contributed by atoms with van der Waals surface area (Å²) in [5, 5.41) is 10.4. The summed E-state index contributed by atoms with van der Waals surface area (Å²) in [6, 6.07) is 7.35. The maximum absolute atomic E-state index is 12.8. The third kappa shape index (κ3) is 3.11. The van der Waals surface area contributed by atoms with Crippen molar-refractivity contribution in [1.29, 1.82) is 0 Å². The van der Waals surface area contributed by atoms with Gasteiger partial charge in [0.1, 0.15) is 0 Å². The lowest BCUT2D eigenvalue weighted by Gasteiger charge is -2.29. The van der Waals surface area contributed by atoms with E-state index in [4.69, 9.17) is 11.6 Å². The van der Waals surface area contributed by atoms with Crippen LogP contribution >= 0.6 is 11.6 Å². The lowest BCUT2D eigenvalue weighted by molar-refractivity contribution is 0.638. The Morgan fingerprint density at radius 2 is 1.97 bits per heavy atom. The highest BCUT2D eigenvalue weighted by atomic mass is 35.5. The molecule has 0 fully saturated rings. The van der Waals surface area contributed by atoms with E-state index in [1.807, 2.05) is 42.7 Å². The number of fused-ring (bicyclic) bond motifs is 3. The highest BCUT2D eigenvalue weighted by molar-refractivity contribution is 6.30. The van der Waals surface area contributed by atoms with Crippen molar-refractivity contribution in [3.63, 3.8) is 0 Å². The Morgan fingerprint density at radius 3 is 2.69 bits per heavy atom. The van der Waals surface area contributed by atoms with Crippen LogP contribution in [0.2, 0.25) is 5.02 Å². The van der Waals surface area contributed by atoms with Crippen LogP contribution in [-0.4, -0.2) is 37.5 Å². The fourth-order valence-electron chi connectivity index (χ4n) is 3.51. The van der Waals surface area contributed by atoms with Gasteiger partial charge in [-0.15, -0.1) is 0 Å². The number of benzene rings is 1. The summed E-state index contributed by atoms with van der Waals surface area (Å²) < 4.78 is 4.36. The molecule has 9 nitrogen and oxygen atoms in total. The lowest BCUT2D eigenvalue weighted by atomic mass is 10.2. The maximum Gasteiger partial charge on any atom is 0.332 e. The average molecular weight is 416 g/mol. The van der Waals surface area contributed by atoms with Crippen LogP contribution in [0.1, 0.15) is 19.9 Å². The zero-order valence-corrected chi connectivity index (χ0v) is 17.4. The van der Waals surface area contributed by atoms with Gasteiger partial charge in [-0.2, -0.15) is 10.1 Å². The minimum absolute atomic E-state index is 0.141. The monoisotopic (exact) mass is 415 g/mol. The Kier molecular flexibility index (Phi) is 4.70. The van der Waals surface area contributed by atoms with E-state index in [-0.39, 0.29) is 11.6 Å². The van der Waals surface area contributed by atoms with Gasteiger partial charge in [-0.25, -0.2) is 9.80 Å². The molecule has 152 valence electrons. The molecule has 0 radical (unpaired) electrons. The van der Waals surface area contributed by atoms with Crippen LogP contribution < -0.4 is 21.6 Å². The molecule has 1 N–H and O–H groups in total. The molecule has 4 rings (SSSR count). The zero-order valence-electron chi connectivity index (χ0n) is 16.7. The van der Waals surface area contributed by atoms with Gasteiger partial charge >= 0.3 is 5.69 Å². The molecule has 0 bridgehead atoms. The number of anilines is 2. The number of hydrazone groups is 1. The predicted molar refractivity (Wildman–Crippen MR) is 115 cm³/mol. The van der Waals surface area contributed by atoms with Gasteiger partial charge in [0, 0.05) is 31.4 Å². The normalized spacial score (nSPS) is 16.1. The zero-order chi connectivity index (χ0) is 20.9. The van der Waals surface area contributed by atoms with Crippen LogP contribution in [0.25, 0.3) is 11.2 Å². The van der Waals surface area contributed by atoms with E-state index in [2.05, 4.69) is 15.4 Å². The lowest BCUT2D eigenvalue weighted by Crippen LogP contribution is -2.39. The number of nitrogens with one attached hydrogen (secondary N) is 1. The van der Waals surface area contributed by atoms with E-state index < -0.39 is 5.69 Å². The summed E-state index contributed by atoms with van der Waals surface area (Å²) in [5.74, 6) is 0.546. The Hall–Kier alpha value is -3.07. The minimum Gasteiger partial charge on any atom is -0.383 e. The first-order valence-corrected chi connectivity index (χ1v) is 9.67. The Balaban J connectivity index is 1.73. The van der Waals surface area contributed by atoms with E-state index in [1.54, 1.807) is 12.1 Å². The van der Waals surface area contributed by atoms with E-state index in [0.29, 0.717) is 35.2 Å². The standard InChI is InChI=1S/C19H22ClN7O2/c1-11-12(2)27-15-16(24(3)19(29)25(4)17(15)28)22-18(27)26(23-11)9-8-21-14-7-5-6-13(20)10-14/h5-7,10,12,21H,8-9H2,1-4H3/t12-/m1/s1. The summed E-state index contributed by atoms with van der Waals surface area (Å²) in [5.41, 5.74) is 1.76. The van der Waals surface area contributed by atoms with E-state index in [9.17, 15) is 9.59 Å². The van der Waals surface area contributed by atoms with Gasteiger partial charge in [0.15, 0.2) is 11.2 Å². The molecular weight excluding hydrogens is 394 g/mol. The minimum atomic E-state index is -0.405. The Morgan fingerprint density at radius 1 is 1.21 bits per heavy atom. The fraction of sp³-hybridized carbons (Fsp3) is 0.368. The third-order valence-electron chi connectivity index (χ3n) is 5.25. The number of hydrogen-bond donors (Lipinski definition) is 1. The topological polar surface area (TPSA) is 89.5 Å². The van der Waals surface area contributed by atoms with Crippen LogP contribution in [0, 0.1) is 0 Å². The summed E-state index contributed by atoms with van der Waals surface area (Å²) in [6.07, 6.45) is 0. The van der Waals surface area contributed by atoms with Crippen molar-refractivity contribution >= 4 is 40.1 Å². The molecule has 2 aromatic heterocycles. The van der Waals surface area contributed by atoms with Gasteiger partial charge < -0.3 is 5.32 Å². The van der Waals surface area contributed by atoms with Crippen LogP contribution in [0.3, 0.4) is 0 Å². The van der Waals surface area contributed by atoms with Crippen LogP contribution in [0.5, 0.6) is 0 Å². The molecule has 1 atom stereocenters. The molecule has 1 aliphatic rings. The molecule has 0 amide bonds. The van der Waals surface area contributed by atoms with Gasteiger partial charge in [-0.3, -0.25) is 18.5 Å². The Labute approximate surface area is 171 Å². The molecule has 3 heterocycles. The number of imidazole rings is 1. The molecule has 29 heavy (non-hydrogen) atoms. The molecule has 10 heteroatoms. The molecule has 0 spiro atoms. The van der Waals surface area contributed by atoms with Crippen LogP contribution in [0.15, 0.2) is 39.0 Å². The smallest absolute Gasteiger partial charge is 0.332 e. The second kappa shape index (κ2) is 7.07. The number of aryl methyl sites for hydroxylation is 1. The van der Waals surface area contributed by atoms with Gasteiger partial charge in [0.05, 0.1) is 18.3 Å². The van der Waals surface area contributed by atoms with Crippen molar-refractivity contribution in [2.24, 2.45) is 19.2 Å². The van der Waals surface area contributed by atoms with Crippen LogP contribution in [-0.2, 0) is 14.1 Å². The fourth-order valence-corrected chi connectivity index (χ4v) is 3.70. The molecule has 0 unspecified atom stereocenters. The van der Waals surface area contributed by atoms with Crippen LogP contribution in [0.4, 0.5) is 11.6 Å². The van der Waals surface area contributed by atoms with Crippen molar-refractivity contribution in [2.45, 2.75) is 19.9 Å². The van der Waals surface area contributed by atoms with Gasteiger partial charge in [0.25, 0.3) is 5.56 Å². The van der Waals surface area contributed by atoms with E-state index in [0.717, 1.165) is 16.0 Å². The highest BCUT2D eigenvalue weighted by Gasteiger charge is 2.30. The van der Waals surface area contributed by atoms with Gasteiger partial charge in [-0.05, 0) is 32.0 Å². The Bertz CT molecular complexity index is 1250. The van der Waals surface area contributed by atoms with E-state index >= 15 is 0 Å². The largest absolute Gasteiger partial charge is 0.383 e. The third-order valence-corrected chi connectivity index (χ3v) is 5.49. The molecule has 0 saturated heterocycles. The second-order valence-electron chi connectivity index (χ2n) is 7.14. The highest BCUT2D eigenvalue weighted by Crippen LogP contribution is 2.29. The summed E-state index contributed by atoms with van der Waals surface area (Å²) in [6.45, 7) is 5.00. The van der Waals surface area contributed by atoms with E-state index in [1.165, 1.54) is 11.6 Å². The molecular formula is C19H22ClN7O2. The molecule has 1 aromatic carbocycles. The number of aromatic nitrogens is 4. The maximum atomic E-state index is 12.8. The number of nitrogens with zero attached hydrogens (tertiary/aromatic N) is 6. The van der Waals surface area contributed by atoms with Crippen molar-refractivity contribution in [1.82, 2.24) is 18.7 Å². The van der Waals surface area contributed by atoms with Crippen molar-refractivity contribution < 1.29 is 0 Å². The quantitative estimate of drug-likeness (QED) is 0.703. The predicted octanol–water partition coefficient (Wildman–Crippen LogP) is 1.96. The number of hydrogen-bond acceptors (Lipinski definition) is 6. The van der Waals surface area contributed by atoms with Crippen molar-refractivity contribution in [3.05, 3.63) is 50.1 Å². The first-order chi connectivity index (χ1) is 13.8. The first-order valence-electron chi connectivity index (χ1n) is 9.29. The number of rotatable bonds is 4. The molecule has 0 saturated carbocycles. The SMILES string of the molecule is CC1=NN(CCNc2cccc(Cl)c2)c2nc3c(c(=O)n(C)c(=O)n3C)n2[C@@H]1C. The number of halogens is 1. The summed E-state index contributed by atoms with van der Waals surface area (Å²) in [7, 11) is 3.09. The van der Waals surface area contributed by atoms with Crippen molar-refractivity contribution in [2.75, 3.05) is 23.4 Å². The van der Waals surface area contributed by atoms with Crippen molar-refractivity contribution in [3.8, 4) is 0 Å². The van der Waals surface area contributed by atoms with Gasteiger partial charge in [-0.1, -0.05) is 17.7 Å². The molecule has 0 aliphatic carbocycles. The molecule has 1 aliphatic heterocycles. The summed E-state index contributed by atoms with van der Waals surface area (Å²) in [4.78, 5) is 29.7.